The Balaban J connectivity index is 1.79. The lowest BCUT2D eigenvalue weighted by Crippen LogP contribution is -2.04. The fourth-order valence-electron chi connectivity index (χ4n) is 1.93. The maximum absolute atomic E-state index is 5.86. The van der Waals surface area contributed by atoms with Gasteiger partial charge in [-0.1, -0.05) is 29.4 Å². The molecule has 0 aliphatic carbocycles. The van der Waals surface area contributed by atoms with Gasteiger partial charge >= 0.3 is 0 Å². The van der Waals surface area contributed by atoms with Crippen molar-refractivity contribution in [3.8, 4) is 17.3 Å². The molecule has 0 spiro atoms. The van der Waals surface area contributed by atoms with Crippen LogP contribution in [0.4, 0.5) is 0 Å². The van der Waals surface area contributed by atoms with Gasteiger partial charge in [0.15, 0.2) is 6.10 Å². The van der Waals surface area contributed by atoms with E-state index in [4.69, 9.17) is 9.26 Å². The second kappa shape index (κ2) is 5.75. The number of benzene rings is 1. The topological polar surface area (TPSA) is 61.0 Å². The minimum Gasteiger partial charge on any atom is -0.481 e. The molecule has 0 amide bonds. The minimum absolute atomic E-state index is 0.323. The van der Waals surface area contributed by atoms with E-state index in [0.717, 1.165) is 11.3 Å². The van der Waals surface area contributed by atoms with E-state index in [9.17, 15) is 0 Å². The van der Waals surface area contributed by atoms with E-state index in [-0.39, 0.29) is 6.10 Å². The zero-order valence-corrected chi connectivity index (χ0v) is 11.9. The van der Waals surface area contributed by atoms with Gasteiger partial charge in [-0.05, 0) is 37.6 Å². The lowest BCUT2D eigenvalue weighted by molar-refractivity contribution is 0.175. The summed E-state index contributed by atoms with van der Waals surface area (Å²) in [5.41, 5.74) is 1.74. The Bertz CT molecular complexity index is 725. The molecule has 1 atom stereocenters. The van der Waals surface area contributed by atoms with Gasteiger partial charge in [0, 0.05) is 6.20 Å². The van der Waals surface area contributed by atoms with E-state index in [2.05, 4.69) is 15.1 Å². The van der Waals surface area contributed by atoms with Crippen LogP contribution in [0.2, 0.25) is 0 Å². The molecule has 5 nitrogen and oxygen atoms in total. The van der Waals surface area contributed by atoms with Crippen molar-refractivity contribution in [1.82, 2.24) is 15.1 Å². The zero-order chi connectivity index (χ0) is 14.7. The highest BCUT2D eigenvalue weighted by Crippen LogP contribution is 2.24. The van der Waals surface area contributed by atoms with Crippen LogP contribution in [-0.2, 0) is 0 Å². The number of ether oxygens (including phenoxy) is 1. The Kier molecular flexibility index (Phi) is 3.64. The molecule has 0 saturated carbocycles. The van der Waals surface area contributed by atoms with Gasteiger partial charge in [0.05, 0.1) is 0 Å². The number of nitrogens with zero attached hydrogens (tertiary/aromatic N) is 3. The minimum atomic E-state index is -0.323. The third-order valence-electron chi connectivity index (χ3n) is 3.08. The summed E-state index contributed by atoms with van der Waals surface area (Å²) in [6, 6.07) is 13.4. The predicted molar refractivity (Wildman–Crippen MR) is 77.8 cm³/mol. The summed E-state index contributed by atoms with van der Waals surface area (Å²) in [4.78, 5) is 8.53. The maximum atomic E-state index is 5.86. The summed E-state index contributed by atoms with van der Waals surface area (Å²) in [6.45, 7) is 3.87. The summed E-state index contributed by atoms with van der Waals surface area (Å²) in [5, 5.41) is 3.94. The molecule has 2 heterocycles. The van der Waals surface area contributed by atoms with Crippen molar-refractivity contribution in [3.63, 3.8) is 0 Å². The first-order valence-corrected chi connectivity index (χ1v) is 6.71. The quantitative estimate of drug-likeness (QED) is 0.731. The van der Waals surface area contributed by atoms with Crippen LogP contribution in [0.1, 0.15) is 24.5 Å². The van der Waals surface area contributed by atoms with E-state index in [1.54, 1.807) is 6.20 Å². The van der Waals surface area contributed by atoms with E-state index in [0.29, 0.717) is 17.4 Å². The Labute approximate surface area is 122 Å². The number of hydrogen-bond donors (Lipinski definition) is 0. The molecule has 3 aromatic rings. The van der Waals surface area contributed by atoms with E-state index in [1.165, 1.54) is 0 Å². The summed E-state index contributed by atoms with van der Waals surface area (Å²) >= 11 is 0. The molecular weight excluding hydrogens is 266 g/mol. The average Bonchev–Trinajstić information content (AvgIpc) is 3.00. The summed E-state index contributed by atoms with van der Waals surface area (Å²) in [5.74, 6) is 1.70. The van der Waals surface area contributed by atoms with Crippen LogP contribution in [0.25, 0.3) is 11.5 Å². The molecule has 2 aromatic heterocycles. The van der Waals surface area contributed by atoms with E-state index in [1.807, 2.05) is 56.3 Å². The summed E-state index contributed by atoms with van der Waals surface area (Å²) in [6.07, 6.45) is 1.37. The van der Waals surface area contributed by atoms with Crippen molar-refractivity contribution in [2.24, 2.45) is 0 Å². The first kappa shape index (κ1) is 13.3. The zero-order valence-electron chi connectivity index (χ0n) is 11.9. The Morgan fingerprint density at radius 3 is 2.67 bits per heavy atom. The van der Waals surface area contributed by atoms with E-state index >= 15 is 0 Å². The molecule has 0 radical (unpaired) electrons. The first-order chi connectivity index (χ1) is 10.2. The molecular formula is C16H15N3O2. The lowest BCUT2D eigenvalue weighted by Gasteiger charge is -2.12. The molecule has 0 fully saturated rings. The van der Waals surface area contributed by atoms with Crippen molar-refractivity contribution in [2.75, 3.05) is 0 Å². The second-order valence-electron chi connectivity index (χ2n) is 4.70. The number of aromatic nitrogens is 3. The van der Waals surface area contributed by atoms with Crippen molar-refractivity contribution in [2.45, 2.75) is 20.0 Å². The largest absolute Gasteiger partial charge is 0.481 e. The van der Waals surface area contributed by atoms with Crippen LogP contribution in [0.5, 0.6) is 5.75 Å². The highest BCUT2D eigenvalue weighted by Gasteiger charge is 2.17. The van der Waals surface area contributed by atoms with Gasteiger partial charge in [0.25, 0.3) is 5.89 Å². The van der Waals surface area contributed by atoms with Crippen molar-refractivity contribution in [1.29, 1.82) is 0 Å². The van der Waals surface area contributed by atoms with Crippen molar-refractivity contribution in [3.05, 3.63) is 60.1 Å². The normalized spacial score (nSPS) is 12.1. The number of hydrogen-bond acceptors (Lipinski definition) is 5. The Morgan fingerprint density at radius 1 is 1.10 bits per heavy atom. The van der Waals surface area contributed by atoms with Crippen LogP contribution in [0.15, 0.2) is 53.2 Å². The van der Waals surface area contributed by atoms with Gasteiger partial charge in [-0.3, -0.25) is 4.98 Å². The molecule has 106 valence electrons. The van der Waals surface area contributed by atoms with E-state index < -0.39 is 0 Å². The molecule has 0 saturated heterocycles. The number of pyridine rings is 1. The number of para-hydroxylation sites is 1. The second-order valence-corrected chi connectivity index (χ2v) is 4.70. The van der Waals surface area contributed by atoms with Gasteiger partial charge in [-0.25, -0.2) is 0 Å². The third-order valence-corrected chi connectivity index (χ3v) is 3.08. The molecule has 1 aromatic carbocycles. The molecule has 3 rings (SSSR count). The highest BCUT2D eigenvalue weighted by atomic mass is 16.5. The average molecular weight is 281 g/mol. The molecule has 0 aliphatic rings. The Morgan fingerprint density at radius 2 is 1.90 bits per heavy atom. The SMILES string of the molecule is Cc1ccccc1OC(C)c1nc(-c2ccccn2)no1. The Hall–Kier alpha value is -2.69. The van der Waals surface area contributed by atoms with Crippen LogP contribution in [0.3, 0.4) is 0 Å². The summed E-state index contributed by atoms with van der Waals surface area (Å²) in [7, 11) is 0. The number of aryl methyl sites for hydroxylation is 1. The number of rotatable bonds is 4. The molecule has 0 bridgehead atoms. The van der Waals surface area contributed by atoms with Crippen LogP contribution in [-0.4, -0.2) is 15.1 Å². The molecule has 21 heavy (non-hydrogen) atoms. The van der Waals surface area contributed by atoms with Gasteiger partial charge in [0.2, 0.25) is 5.82 Å². The molecule has 5 heteroatoms. The van der Waals surface area contributed by atoms with Gasteiger partial charge in [-0.15, -0.1) is 0 Å². The smallest absolute Gasteiger partial charge is 0.267 e. The van der Waals surface area contributed by atoms with Gasteiger partial charge in [-0.2, -0.15) is 4.98 Å². The van der Waals surface area contributed by atoms with Crippen LogP contribution in [0, 0.1) is 6.92 Å². The van der Waals surface area contributed by atoms with Gasteiger partial charge < -0.3 is 9.26 Å². The third kappa shape index (κ3) is 2.91. The van der Waals surface area contributed by atoms with Crippen LogP contribution >= 0.6 is 0 Å². The fraction of sp³-hybridized carbons (Fsp3) is 0.188. The molecule has 0 aliphatic heterocycles. The van der Waals surface area contributed by atoms with Crippen LogP contribution < -0.4 is 4.74 Å². The lowest BCUT2D eigenvalue weighted by atomic mass is 10.2. The van der Waals surface area contributed by atoms with Crippen molar-refractivity contribution >= 4 is 0 Å². The summed E-state index contributed by atoms with van der Waals surface area (Å²) < 4.78 is 11.1. The predicted octanol–water partition coefficient (Wildman–Crippen LogP) is 3.58. The maximum Gasteiger partial charge on any atom is 0.267 e. The molecule has 0 N–H and O–H groups in total. The highest BCUT2D eigenvalue weighted by molar-refractivity contribution is 5.47. The first-order valence-electron chi connectivity index (χ1n) is 6.71. The fourth-order valence-corrected chi connectivity index (χ4v) is 1.93. The monoisotopic (exact) mass is 281 g/mol. The molecule has 1 unspecified atom stereocenters. The van der Waals surface area contributed by atoms with Gasteiger partial charge in [0.1, 0.15) is 11.4 Å². The van der Waals surface area contributed by atoms with Crippen molar-refractivity contribution < 1.29 is 9.26 Å². The standard InChI is InChI=1S/C16H15N3O2/c1-11-7-3-4-9-14(11)20-12(2)16-18-15(19-21-16)13-8-5-6-10-17-13/h3-10,12H,1-2H3.